The number of aromatic nitrogens is 2. The smallest absolute Gasteiger partial charge is 0.289 e. The van der Waals surface area contributed by atoms with Crippen molar-refractivity contribution in [2.24, 2.45) is 0 Å². The van der Waals surface area contributed by atoms with E-state index in [2.05, 4.69) is 11.7 Å². The van der Waals surface area contributed by atoms with Crippen LogP contribution in [0.25, 0.3) is 12.2 Å². The summed E-state index contributed by atoms with van der Waals surface area (Å²) in [5.74, 6) is 1.61. The third-order valence-electron chi connectivity index (χ3n) is 2.91. The van der Waals surface area contributed by atoms with E-state index in [1.165, 1.54) is 0 Å². The van der Waals surface area contributed by atoms with Gasteiger partial charge in [-0.05, 0) is 48.6 Å². The van der Waals surface area contributed by atoms with Gasteiger partial charge in [0.05, 0.1) is 14.2 Å². The van der Waals surface area contributed by atoms with E-state index in [0.29, 0.717) is 6.54 Å². The maximum Gasteiger partial charge on any atom is 0.289 e. The van der Waals surface area contributed by atoms with Gasteiger partial charge in [-0.1, -0.05) is 11.3 Å². The summed E-state index contributed by atoms with van der Waals surface area (Å²) in [6.07, 6.45) is 5.88. The largest absolute Gasteiger partial charge is 0.497 e. The number of allylic oxidation sites excluding steroid dienone is 1. The summed E-state index contributed by atoms with van der Waals surface area (Å²) in [5, 5.41) is 6.53. The number of nitrogens with zero attached hydrogens (tertiary/aromatic N) is 2. The molecule has 0 saturated carbocycles. The van der Waals surface area contributed by atoms with Gasteiger partial charge < -0.3 is 9.47 Å². The van der Waals surface area contributed by atoms with Gasteiger partial charge in [-0.25, -0.2) is 0 Å². The van der Waals surface area contributed by atoms with Crippen molar-refractivity contribution in [1.29, 1.82) is 0 Å². The predicted molar refractivity (Wildman–Crippen MR) is 85.7 cm³/mol. The first-order valence-corrected chi connectivity index (χ1v) is 7.38. The highest BCUT2D eigenvalue weighted by Crippen LogP contribution is 2.26. The minimum absolute atomic E-state index is 0.694. The summed E-state index contributed by atoms with van der Waals surface area (Å²) in [6, 6.07) is 5.72. The van der Waals surface area contributed by atoms with E-state index in [-0.39, 0.29) is 0 Å². The lowest BCUT2D eigenvalue weighted by Crippen LogP contribution is -2.37. The molecule has 2 rings (SSSR count). The number of aryl methyl sites for hydroxylation is 1. The van der Waals surface area contributed by atoms with E-state index < -0.39 is 0 Å². The van der Waals surface area contributed by atoms with E-state index in [4.69, 9.17) is 9.47 Å². The van der Waals surface area contributed by atoms with Crippen molar-refractivity contribution in [3.63, 3.8) is 0 Å². The van der Waals surface area contributed by atoms with Crippen molar-refractivity contribution in [3.05, 3.63) is 46.4 Å². The summed E-state index contributed by atoms with van der Waals surface area (Å²) < 4.78 is 12.6. The molecule has 1 aromatic carbocycles. The molecule has 4 nitrogen and oxygen atoms in total. The third-order valence-corrected chi connectivity index (χ3v) is 3.85. The van der Waals surface area contributed by atoms with Crippen LogP contribution in [-0.2, 0) is 6.54 Å². The van der Waals surface area contributed by atoms with Crippen LogP contribution in [0.2, 0.25) is 0 Å². The monoisotopic (exact) mass is 303 g/mol. The van der Waals surface area contributed by atoms with Crippen LogP contribution in [0.4, 0.5) is 0 Å². The highest BCUT2D eigenvalue weighted by atomic mass is 32.1. The molecule has 0 aliphatic heterocycles. The van der Waals surface area contributed by atoms with Gasteiger partial charge in [-0.3, -0.25) is 0 Å². The fourth-order valence-corrected chi connectivity index (χ4v) is 2.75. The summed E-state index contributed by atoms with van der Waals surface area (Å²) in [7, 11) is 3.31. The quantitative estimate of drug-likeness (QED) is 0.607. The van der Waals surface area contributed by atoms with Gasteiger partial charge in [-0.2, -0.15) is 0 Å². The molecular weight excluding hydrogens is 284 g/mol. The first-order chi connectivity index (χ1) is 10.2. The van der Waals surface area contributed by atoms with Crippen molar-refractivity contribution in [2.45, 2.75) is 13.5 Å². The highest BCUT2D eigenvalue weighted by Gasteiger charge is 2.13. The highest BCUT2D eigenvalue weighted by molar-refractivity contribution is 7.11. The molecule has 0 N–H and O–H groups in total. The molecule has 5 heteroatoms. The predicted octanol–water partition coefficient (Wildman–Crippen LogP) is 3.11. The summed E-state index contributed by atoms with van der Waals surface area (Å²) in [4.78, 5) is 0. The van der Waals surface area contributed by atoms with Crippen molar-refractivity contribution in [1.82, 2.24) is 5.10 Å². The number of ether oxygens (including phenoxy) is 2. The average Bonchev–Trinajstić information content (AvgIpc) is 2.85. The molecule has 0 saturated heterocycles. The van der Waals surface area contributed by atoms with E-state index in [1.807, 2.05) is 48.0 Å². The normalized spacial score (nSPS) is 10.8. The van der Waals surface area contributed by atoms with Crippen LogP contribution in [0.1, 0.15) is 15.6 Å². The van der Waals surface area contributed by atoms with E-state index in [1.54, 1.807) is 25.6 Å². The van der Waals surface area contributed by atoms with Gasteiger partial charge in [0.2, 0.25) is 0 Å². The maximum absolute atomic E-state index is 5.37. The van der Waals surface area contributed by atoms with Gasteiger partial charge in [0.25, 0.3) is 5.01 Å². The first-order valence-electron chi connectivity index (χ1n) is 6.56. The van der Waals surface area contributed by atoms with Crippen LogP contribution in [0, 0.1) is 6.92 Å². The zero-order valence-corrected chi connectivity index (χ0v) is 13.3. The Morgan fingerprint density at radius 3 is 2.76 bits per heavy atom. The molecule has 0 atom stereocenters. The van der Waals surface area contributed by atoms with E-state index in [0.717, 1.165) is 27.1 Å². The molecule has 21 heavy (non-hydrogen) atoms. The summed E-state index contributed by atoms with van der Waals surface area (Å²) in [5.41, 5.74) is 0.966. The lowest BCUT2D eigenvalue weighted by atomic mass is 10.1. The summed E-state index contributed by atoms with van der Waals surface area (Å²) in [6.45, 7) is 6.45. The van der Waals surface area contributed by atoms with Crippen LogP contribution in [-0.4, -0.2) is 19.3 Å². The Morgan fingerprint density at radius 2 is 2.10 bits per heavy atom. The zero-order valence-electron chi connectivity index (χ0n) is 12.5. The molecule has 0 fully saturated rings. The molecule has 0 aliphatic carbocycles. The molecule has 0 radical (unpaired) electrons. The topological polar surface area (TPSA) is 35.2 Å². The lowest BCUT2D eigenvalue weighted by Gasteiger charge is -2.06. The van der Waals surface area contributed by atoms with Crippen LogP contribution in [0.3, 0.4) is 0 Å². The van der Waals surface area contributed by atoms with Gasteiger partial charge in [0.15, 0.2) is 11.6 Å². The van der Waals surface area contributed by atoms with Crippen molar-refractivity contribution in [2.75, 3.05) is 14.2 Å². The molecule has 2 aromatic rings. The van der Waals surface area contributed by atoms with E-state index >= 15 is 0 Å². The fourth-order valence-electron chi connectivity index (χ4n) is 1.95. The molecule has 1 heterocycles. The second kappa shape index (κ2) is 7.04. The van der Waals surface area contributed by atoms with Crippen LogP contribution >= 0.6 is 11.3 Å². The molecule has 0 spiro atoms. The van der Waals surface area contributed by atoms with Gasteiger partial charge in [-0.15, -0.1) is 0 Å². The van der Waals surface area contributed by atoms with Crippen molar-refractivity contribution in [3.8, 4) is 11.5 Å². The molecule has 0 unspecified atom stereocenters. The Bertz CT molecular complexity index is 662. The number of rotatable bonds is 6. The Balaban J connectivity index is 2.34. The van der Waals surface area contributed by atoms with Gasteiger partial charge >= 0.3 is 0 Å². The van der Waals surface area contributed by atoms with Crippen LogP contribution in [0.15, 0.2) is 30.9 Å². The lowest BCUT2D eigenvalue weighted by molar-refractivity contribution is -0.741. The van der Waals surface area contributed by atoms with E-state index in [9.17, 15) is 0 Å². The molecule has 110 valence electrons. The minimum atomic E-state index is 0.694. The van der Waals surface area contributed by atoms with Crippen LogP contribution < -0.4 is 14.2 Å². The van der Waals surface area contributed by atoms with Crippen LogP contribution in [0.5, 0.6) is 11.5 Å². The van der Waals surface area contributed by atoms with Gasteiger partial charge in [0.1, 0.15) is 11.5 Å². The number of methoxy groups -OCH3 is 2. The van der Waals surface area contributed by atoms with Gasteiger partial charge in [0, 0.05) is 16.7 Å². The molecule has 1 aromatic heterocycles. The third kappa shape index (κ3) is 3.70. The number of hydrogen-bond donors (Lipinski definition) is 0. The first kappa shape index (κ1) is 15.3. The SMILES string of the molecule is C=CC[n+]1nc(C)sc1C=Cc1cc(OC)ccc1OC. The summed E-state index contributed by atoms with van der Waals surface area (Å²) >= 11 is 1.64. The molecule has 0 amide bonds. The fraction of sp³-hybridized carbons (Fsp3) is 0.250. The van der Waals surface area contributed by atoms with Crippen molar-refractivity contribution < 1.29 is 14.2 Å². The van der Waals surface area contributed by atoms with Crippen molar-refractivity contribution >= 4 is 23.5 Å². The average molecular weight is 303 g/mol. The Hall–Kier alpha value is -2.14. The Labute approximate surface area is 129 Å². The Kier molecular flexibility index (Phi) is 5.11. The molecule has 0 bridgehead atoms. The second-order valence-electron chi connectivity index (χ2n) is 4.37. The second-order valence-corrected chi connectivity index (χ2v) is 5.58. The molecular formula is C16H19N2O2S+. The zero-order chi connectivity index (χ0) is 15.2. The standard InChI is InChI=1S/C16H19N2O2S/c1-5-10-18-16(21-12(2)17-18)9-6-13-11-14(19-3)7-8-15(13)20-4/h5-9,11H,1,10H2,2-4H3/q+1. The number of hydrogen-bond acceptors (Lipinski definition) is 4. The number of benzene rings is 1. The maximum atomic E-state index is 5.37. The minimum Gasteiger partial charge on any atom is -0.497 e. The Morgan fingerprint density at radius 1 is 1.29 bits per heavy atom. The molecule has 0 aliphatic rings.